The van der Waals surface area contributed by atoms with E-state index >= 15 is 0 Å². The Morgan fingerprint density at radius 2 is 1.28 bits per heavy atom. The monoisotopic (exact) mass is 461 g/mol. The smallest absolute Gasteiger partial charge is 0.326 e. The number of rotatable bonds is 15. The molecule has 0 spiro atoms. The Balaban J connectivity index is 5.14. The fourth-order valence-corrected chi connectivity index (χ4v) is 2.32. The van der Waals surface area contributed by atoms with Crippen LogP contribution in [0, 0.1) is 0 Å². The number of amides is 4. The van der Waals surface area contributed by atoms with E-state index in [1.165, 1.54) is 6.92 Å². The number of carboxylic acid groups (broad SMARTS) is 3. The lowest BCUT2D eigenvalue weighted by Crippen LogP contribution is -2.56. The Bertz CT molecular complexity index is 756. The average molecular weight is 461 g/mol. The molecule has 0 rings (SSSR count). The summed E-state index contributed by atoms with van der Waals surface area (Å²) >= 11 is 0. The molecular weight excluding hydrogens is 434 g/mol. The molecule has 0 fully saturated rings. The Morgan fingerprint density at radius 3 is 1.75 bits per heavy atom. The molecule has 0 aromatic rings. The average Bonchev–Trinajstić information content (AvgIpc) is 2.66. The van der Waals surface area contributed by atoms with E-state index in [4.69, 9.17) is 26.8 Å². The third-order valence-corrected chi connectivity index (χ3v) is 4.06. The number of hydrogen-bond acceptors (Lipinski definition) is 8. The van der Waals surface area contributed by atoms with Crippen LogP contribution in [0.25, 0.3) is 0 Å². The van der Waals surface area contributed by atoms with Crippen molar-refractivity contribution in [1.29, 1.82) is 0 Å². The van der Waals surface area contributed by atoms with Crippen molar-refractivity contribution in [3.63, 3.8) is 0 Å². The van der Waals surface area contributed by atoms with E-state index in [1.54, 1.807) is 0 Å². The molecule has 32 heavy (non-hydrogen) atoms. The van der Waals surface area contributed by atoms with Crippen molar-refractivity contribution in [2.75, 3.05) is 0 Å². The SMILES string of the molecule is CC(NC(=O)C(CCC(=O)O)NC(=O)C(N)CC(=O)O)C(=O)NC(CCC(N)=O)C(=O)O. The summed E-state index contributed by atoms with van der Waals surface area (Å²) in [4.78, 5) is 80.1. The topological polar surface area (TPSA) is 268 Å². The molecular formula is C17H27N5O10. The van der Waals surface area contributed by atoms with Crippen LogP contribution in [0.5, 0.6) is 0 Å². The van der Waals surface area contributed by atoms with E-state index in [0.29, 0.717) is 0 Å². The minimum absolute atomic E-state index is 0.282. The van der Waals surface area contributed by atoms with Gasteiger partial charge in [0.1, 0.15) is 18.1 Å². The Morgan fingerprint density at radius 1 is 0.750 bits per heavy atom. The highest BCUT2D eigenvalue weighted by molar-refractivity contribution is 5.94. The second-order valence-electron chi connectivity index (χ2n) is 6.83. The molecule has 0 aromatic heterocycles. The molecule has 180 valence electrons. The minimum atomic E-state index is -1.50. The summed E-state index contributed by atoms with van der Waals surface area (Å²) in [7, 11) is 0. The van der Waals surface area contributed by atoms with Crippen molar-refractivity contribution >= 4 is 41.5 Å². The van der Waals surface area contributed by atoms with Gasteiger partial charge in [0.05, 0.1) is 12.5 Å². The molecule has 10 N–H and O–H groups in total. The van der Waals surface area contributed by atoms with Gasteiger partial charge >= 0.3 is 17.9 Å². The van der Waals surface area contributed by atoms with Gasteiger partial charge in [-0.25, -0.2) is 4.79 Å². The summed E-state index contributed by atoms with van der Waals surface area (Å²) in [5, 5.41) is 33.1. The van der Waals surface area contributed by atoms with E-state index < -0.39 is 85.0 Å². The number of carbonyl (C=O) groups excluding carboxylic acids is 4. The third-order valence-electron chi connectivity index (χ3n) is 4.06. The van der Waals surface area contributed by atoms with Gasteiger partial charge in [-0.3, -0.25) is 28.8 Å². The molecule has 15 nitrogen and oxygen atoms in total. The molecule has 0 aliphatic carbocycles. The second-order valence-corrected chi connectivity index (χ2v) is 6.83. The molecule has 0 aliphatic rings. The molecule has 15 heteroatoms. The highest BCUT2D eigenvalue weighted by Crippen LogP contribution is 2.02. The summed E-state index contributed by atoms with van der Waals surface area (Å²) < 4.78 is 0. The highest BCUT2D eigenvalue weighted by atomic mass is 16.4. The number of carboxylic acids is 3. The van der Waals surface area contributed by atoms with Crippen molar-refractivity contribution in [2.24, 2.45) is 11.5 Å². The van der Waals surface area contributed by atoms with Crippen molar-refractivity contribution < 1.29 is 48.9 Å². The van der Waals surface area contributed by atoms with Crippen molar-refractivity contribution in [1.82, 2.24) is 16.0 Å². The fourth-order valence-electron chi connectivity index (χ4n) is 2.32. The summed E-state index contributed by atoms with van der Waals surface area (Å²) in [6, 6.07) is -5.73. The van der Waals surface area contributed by atoms with Gasteiger partial charge < -0.3 is 42.7 Å². The molecule has 0 saturated heterocycles. The van der Waals surface area contributed by atoms with Gasteiger partial charge in [-0.15, -0.1) is 0 Å². The maximum absolute atomic E-state index is 12.5. The predicted octanol–water partition coefficient (Wildman–Crippen LogP) is -3.52. The first kappa shape index (κ1) is 28.2. The molecule has 0 saturated carbocycles. The molecule has 0 bridgehead atoms. The first-order chi connectivity index (χ1) is 14.7. The summed E-state index contributed by atoms with van der Waals surface area (Å²) in [5.74, 6) is -7.78. The number of primary amides is 1. The quantitative estimate of drug-likeness (QED) is 0.118. The van der Waals surface area contributed by atoms with Crippen molar-refractivity contribution in [3.8, 4) is 0 Å². The molecule has 0 heterocycles. The van der Waals surface area contributed by atoms with Crippen LogP contribution in [0.1, 0.15) is 39.0 Å². The van der Waals surface area contributed by atoms with E-state index in [-0.39, 0.29) is 12.8 Å². The number of hydrogen-bond donors (Lipinski definition) is 8. The van der Waals surface area contributed by atoms with E-state index in [2.05, 4.69) is 16.0 Å². The van der Waals surface area contributed by atoms with Crippen LogP contribution in [-0.2, 0) is 33.6 Å². The lowest BCUT2D eigenvalue weighted by molar-refractivity contribution is -0.142. The van der Waals surface area contributed by atoms with Gasteiger partial charge in [-0.2, -0.15) is 0 Å². The zero-order valence-electron chi connectivity index (χ0n) is 17.2. The third kappa shape index (κ3) is 11.4. The van der Waals surface area contributed by atoms with Gasteiger partial charge in [-0.1, -0.05) is 0 Å². The van der Waals surface area contributed by atoms with Crippen LogP contribution in [0.3, 0.4) is 0 Å². The number of nitrogens with one attached hydrogen (secondary N) is 3. The zero-order valence-corrected chi connectivity index (χ0v) is 17.2. The molecule has 0 radical (unpaired) electrons. The van der Waals surface area contributed by atoms with Gasteiger partial charge in [-0.05, 0) is 19.8 Å². The molecule has 0 aromatic carbocycles. The minimum Gasteiger partial charge on any atom is -0.481 e. The van der Waals surface area contributed by atoms with Crippen LogP contribution in [-0.4, -0.2) is 81.0 Å². The predicted molar refractivity (Wildman–Crippen MR) is 105 cm³/mol. The molecule has 4 amide bonds. The Kier molecular flexibility index (Phi) is 11.9. The summed E-state index contributed by atoms with van der Waals surface area (Å²) in [5.41, 5.74) is 10.4. The van der Waals surface area contributed by atoms with Gasteiger partial charge in [0.15, 0.2) is 0 Å². The van der Waals surface area contributed by atoms with Crippen LogP contribution >= 0.6 is 0 Å². The van der Waals surface area contributed by atoms with Gasteiger partial charge in [0.2, 0.25) is 23.6 Å². The van der Waals surface area contributed by atoms with Crippen LogP contribution in [0.15, 0.2) is 0 Å². The standard InChI is InChI=1S/C17H27N5O10/c1-7(14(28)22-10(17(31)32)2-4-11(19)23)20-16(30)9(3-5-12(24)25)21-15(29)8(18)6-13(26)27/h7-10H,2-6,18H2,1H3,(H2,19,23)(H,20,30)(H,21,29)(H,22,28)(H,24,25)(H,26,27)(H,31,32). The summed E-state index contributed by atoms with van der Waals surface area (Å²) in [6.45, 7) is 1.20. The molecule has 4 unspecified atom stereocenters. The maximum Gasteiger partial charge on any atom is 0.326 e. The van der Waals surface area contributed by atoms with Gasteiger partial charge in [0.25, 0.3) is 0 Å². The van der Waals surface area contributed by atoms with Crippen LogP contribution < -0.4 is 27.4 Å². The van der Waals surface area contributed by atoms with Crippen LogP contribution in [0.4, 0.5) is 0 Å². The van der Waals surface area contributed by atoms with Crippen molar-refractivity contribution in [2.45, 2.75) is 63.2 Å². The maximum atomic E-state index is 12.5. The highest BCUT2D eigenvalue weighted by Gasteiger charge is 2.29. The first-order valence-electron chi connectivity index (χ1n) is 9.36. The molecule has 0 aliphatic heterocycles. The second kappa shape index (κ2) is 13.5. The number of nitrogens with two attached hydrogens (primary N) is 2. The van der Waals surface area contributed by atoms with Crippen LogP contribution in [0.2, 0.25) is 0 Å². The van der Waals surface area contributed by atoms with E-state index in [0.717, 1.165) is 0 Å². The first-order valence-corrected chi connectivity index (χ1v) is 9.36. The Hall–Kier alpha value is -3.75. The molecule has 4 atom stereocenters. The largest absolute Gasteiger partial charge is 0.481 e. The lowest BCUT2D eigenvalue weighted by atomic mass is 10.1. The normalized spacial score (nSPS) is 14.2. The number of aliphatic carboxylic acids is 3. The zero-order chi connectivity index (χ0) is 25.0. The van der Waals surface area contributed by atoms with E-state index in [1.807, 2.05) is 0 Å². The van der Waals surface area contributed by atoms with Crippen molar-refractivity contribution in [3.05, 3.63) is 0 Å². The fraction of sp³-hybridized carbons (Fsp3) is 0.588. The lowest BCUT2D eigenvalue weighted by Gasteiger charge is -2.23. The summed E-state index contributed by atoms with van der Waals surface area (Å²) in [6.07, 6.45) is -2.26. The van der Waals surface area contributed by atoms with E-state index in [9.17, 15) is 33.6 Å². The van der Waals surface area contributed by atoms with Gasteiger partial charge in [0, 0.05) is 12.8 Å². The Labute approximate surface area is 181 Å². The number of carbonyl (C=O) groups is 7.